The minimum atomic E-state index is -1.54. The van der Waals surface area contributed by atoms with Crippen LogP contribution in [0, 0.1) is 10.1 Å². The van der Waals surface area contributed by atoms with Crippen molar-refractivity contribution in [2.45, 2.75) is 37.6 Å². The van der Waals surface area contributed by atoms with Gasteiger partial charge in [0.1, 0.15) is 5.57 Å². The van der Waals surface area contributed by atoms with Crippen LogP contribution in [0.5, 0.6) is 0 Å². The Morgan fingerprint density at radius 1 is 1.16 bits per heavy atom. The number of carbonyl (C=O) groups excluding carboxylic acids is 2. The first kappa shape index (κ1) is 15.1. The van der Waals surface area contributed by atoms with E-state index in [4.69, 9.17) is 0 Å². The van der Waals surface area contributed by atoms with Gasteiger partial charge in [-0.1, -0.05) is 6.42 Å². The number of esters is 2. The van der Waals surface area contributed by atoms with E-state index in [1.165, 1.54) is 0 Å². The van der Waals surface area contributed by atoms with E-state index in [-0.39, 0.29) is 18.4 Å². The molecule has 0 saturated heterocycles. The Kier molecular flexibility index (Phi) is 5.02. The lowest BCUT2D eigenvalue weighted by atomic mass is 9.76. The van der Waals surface area contributed by atoms with Gasteiger partial charge in [0.05, 0.1) is 14.2 Å². The summed E-state index contributed by atoms with van der Waals surface area (Å²) in [6.45, 7) is 0. The molecular weight excluding hydrogens is 254 g/mol. The summed E-state index contributed by atoms with van der Waals surface area (Å²) in [5, 5.41) is 11.4. The Hall–Kier alpha value is -1.92. The van der Waals surface area contributed by atoms with Gasteiger partial charge in [0.2, 0.25) is 0 Å². The van der Waals surface area contributed by atoms with Crippen LogP contribution in [0.4, 0.5) is 0 Å². The van der Waals surface area contributed by atoms with Crippen LogP contribution in [-0.2, 0) is 19.1 Å². The maximum Gasteiger partial charge on any atom is 0.341 e. The molecule has 0 atom stereocenters. The van der Waals surface area contributed by atoms with E-state index in [0.29, 0.717) is 12.8 Å². The van der Waals surface area contributed by atoms with Gasteiger partial charge < -0.3 is 9.47 Å². The molecule has 0 N–H and O–H groups in total. The van der Waals surface area contributed by atoms with Gasteiger partial charge in [-0.05, 0) is 12.8 Å². The number of rotatable bonds is 4. The Morgan fingerprint density at radius 2 is 1.74 bits per heavy atom. The highest BCUT2D eigenvalue weighted by atomic mass is 16.6. The Balaban J connectivity index is 3.26. The lowest BCUT2D eigenvalue weighted by molar-refractivity contribution is -0.562. The predicted octanol–water partition coefficient (Wildman–Crippen LogP) is 1.24. The largest absolute Gasteiger partial charge is 0.466 e. The van der Waals surface area contributed by atoms with Crippen molar-refractivity contribution in [1.82, 2.24) is 0 Å². The maximum absolute atomic E-state index is 11.8. The van der Waals surface area contributed by atoms with Crippen molar-refractivity contribution in [1.29, 1.82) is 0 Å². The van der Waals surface area contributed by atoms with E-state index < -0.39 is 22.4 Å². The highest BCUT2D eigenvalue weighted by Gasteiger charge is 2.51. The molecule has 1 aliphatic rings. The number of methoxy groups -OCH3 is 2. The van der Waals surface area contributed by atoms with Gasteiger partial charge in [-0.2, -0.15) is 0 Å². The molecule has 0 unspecified atom stereocenters. The summed E-state index contributed by atoms with van der Waals surface area (Å²) >= 11 is 0. The second kappa shape index (κ2) is 6.31. The summed E-state index contributed by atoms with van der Waals surface area (Å²) in [5.41, 5.74) is -1.77. The van der Waals surface area contributed by atoms with Crippen molar-refractivity contribution in [3.05, 3.63) is 21.8 Å². The molecule has 1 saturated carbocycles. The molecule has 1 rings (SSSR count). The molecule has 7 heteroatoms. The molecule has 0 heterocycles. The van der Waals surface area contributed by atoms with E-state index in [0.717, 1.165) is 26.7 Å². The van der Waals surface area contributed by atoms with Crippen LogP contribution in [0.3, 0.4) is 0 Å². The first-order valence-corrected chi connectivity index (χ1v) is 6.01. The van der Waals surface area contributed by atoms with Crippen molar-refractivity contribution >= 4 is 11.9 Å². The topological polar surface area (TPSA) is 95.7 Å². The number of nitro groups is 1. The molecule has 7 nitrogen and oxygen atoms in total. The van der Waals surface area contributed by atoms with Crippen LogP contribution in [0.25, 0.3) is 0 Å². The number of nitrogens with zero attached hydrogens (tertiary/aromatic N) is 1. The summed E-state index contributed by atoms with van der Waals surface area (Å²) in [4.78, 5) is 34.0. The lowest BCUT2D eigenvalue weighted by Gasteiger charge is -2.29. The first-order chi connectivity index (χ1) is 8.97. The second-order valence-corrected chi connectivity index (χ2v) is 4.42. The zero-order valence-electron chi connectivity index (χ0n) is 11.0. The fourth-order valence-corrected chi connectivity index (χ4v) is 2.36. The van der Waals surface area contributed by atoms with Gasteiger partial charge in [0.25, 0.3) is 5.54 Å². The highest BCUT2D eigenvalue weighted by Crippen LogP contribution is 2.37. The summed E-state index contributed by atoms with van der Waals surface area (Å²) < 4.78 is 9.01. The van der Waals surface area contributed by atoms with Crippen molar-refractivity contribution in [3.8, 4) is 0 Å². The first-order valence-electron chi connectivity index (χ1n) is 6.01. The molecule has 0 aromatic rings. The average Bonchev–Trinajstić information content (AvgIpc) is 2.44. The molecule has 1 aliphatic carbocycles. The van der Waals surface area contributed by atoms with Gasteiger partial charge >= 0.3 is 11.9 Å². The normalized spacial score (nSPS) is 18.5. The average molecular weight is 271 g/mol. The van der Waals surface area contributed by atoms with Gasteiger partial charge in [0.15, 0.2) is 0 Å². The third kappa shape index (κ3) is 3.10. The number of carbonyl (C=O) groups is 2. The molecule has 0 radical (unpaired) electrons. The van der Waals surface area contributed by atoms with Crippen molar-refractivity contribution in [2.24, 2.45) is 0 Å². The van der Waals surface area contributed by atoms with E-state index in [1.807, 2.05) is 0 Å². The van der Waals surface area contributed by atoms with Gasteiger partial charge in [-0.3, -0.25) is 10.1 Å². The zero-order chi connectivity index (χ0) is 14.5. The standard InChI is InChI=1S/C12H17NO6/c1-18-10(14)8-9(11(15)19-2)12(13(16)17)6-4-3-5-7-12/h8H,3-7H2,1-2H3/b9-8+. The molecule has 0 bridgehead atoms. The van der Waals surface area contributed by atoms with Crippen molar-refractivity contribution < 1.29 is 24.0 Å². The summed E-state index contributed by atoms with van der Waals surface area (Å²) in [6, 6.07) is 0. The molecule has 0 aliphatic heterocycles. The van der Waals surface area contributed by atoms with Gasteiger partial charge in [0, 0.05) is 23.8 Å². The van der Waals surface area contributed by atoms with Crippen LogP contribution in [0.2, 0.25) is 0 Å². The minimum absolute atomic E-state index is 0.220. The Labute approximate surface area is 110 Å². The third-order valence-corrected chi connectivity index (χ3v) is 3.40. The molecule has 0 amide bonds. The second-order valence-electron chi connectivity index (χ2n) is 4.42. The van der Waals surface area contributed by atoms with Crippen molar-refractivity contribution in [2.75, 3.05) is 14.2 Å². The molecular formula is C12H17NO6. The van der Waals surface area contributed by atoms with Crippen LogP contribution >= 0.6 is 0 Å². The summed E-state index contributed by atoms with van der Waals surface area (Å²) in [6.07, 6.45) is 3.46. The smallest absolute Gasteiger partial charge is 0.341 e. The Bertz CT molecular complexity index is 408. The Morgan fingerprint density at radius 3 is 2.16 bits per heavy atom. The predicted molar refractivity (Wildman–Crippen MR) is 64.9 cm³/mol. The number of hydrogen-bond acceptors (Lipinski definition) is 6. The quantitative estimate of drug-likeness (QED) is 0.330. The number of ether oxygens (including phenoxy) is 2. The van der Waals surface area contributed by atoms with E-state index in [1.54, 1.807) is 0 Å². The fourth-order valence-electron chi connectivity index (χ4n) is 2.36. The van der Waals surface area contributed by atoms with Crippen molar-refractivity contribution in [3.63, 3.8) is 0 Å². The highest BCUT2D eigenvalue weighted by molar-refractivity contribution is 5.98. The van der Waals surface area contributed by atoms with Crippen LogP contribution in [0.1, 0.15) is 32.1 Å². The monoisotopic (exact) mass is 271 g/mol. The van der Waals surface area contributed by atoms with Gasteiger partial charge in [-0.25, -0.2) is 9.59 Å². The molecule has 0 aromatic heterocycles. The van der Waals surface area contributed by atoms with Crippen LogP contribution in [0.15, 0.2) is 11.6 Å². The van der Waals surface area contributed by atoms with E-state index in [9.17, 15) is 19.7 Å². The van der Waals surface area contributed by atoms with Crippen LogP contribution < -0.4 is 0 Å². The minimum Gasteiger partial charge on any atom is -0.466 e. The fraction of sp³-hybridized carbons (Fsp3) is 0.667. The summed E-state index contributed by atoms with van der Waals surface area (Å²) in [5.74, 6) is -1.66. The lowest BCUT2D eigenvalue weighted by Crippen LogP contribution is -2.45. The van der Waals surface area contributed by atoms with E-state index in [2.05, 4.69) is 9.47 Å². The molecule has 1 fully saturated rings. The maximum atomic E-state index is 11.8. The molecule has 19 heavy (non-hydrogen) atoms. The molecule has 0 aromatic carbocycles. The summed E-state index contributed by atoms with van der Waals surface area (Å²) in [7, 11) is 2.28. The SMILES string of the molecule is COC(=O)/C=C(\C(=O)OC)C1([N+](=O)[O-])CCCCC1. The van der Waals surface area contributed by atoms with Crippen LogP contribution in [-0.4, -0.2) is 36.6 Å². The van der Waals surface area contributed by atoms with E-state index >= 15 is 0 Å². The molecule has 0 spiro atoms. The van der Waals surface area contributed by atoms with Gasteiger partial charge in [-0.15, -0.1) is 0 Å². The number of hydrogen-bond donors (Lipinski definition) is 0. The molecule has 106 valence electrons. The third-order valence-electron chi connectivity index (χ3n) is 3.40. The zero-order valence-corrected chi connectivity index (χ0v) is 11.0.